The van der Waals surface area contributed by atoms with E-state index in [2.05, 4.69) is 19.1 Å². The Morgan fingerprint density at radius 1 is 1.56 bits per heavy atom. The van der Waals surface area contributed by atoms with Crippen LogP contribution >= 0.6 is 0 Å². The molecule has 100 valence electrons. The molecule has 1 aromatic rings. The number of rotatable bonds is 4. The van der Waals surface area contributed by atoms with Crippen molar-refractivity contribution < 1.29 is 22.5 Å². The Morgan fingerprint density at radius 3 is 2.94 bits per heavy atom. The van der Waals surface area contributed by atoms with Crippen LogP contribution in [0.5, 0.6) is 0 Å². The quantitative estimate of drug-likeness (QED) is 0.814. The molecule has 8 heteroatoms. The van der Waals surface area contributed by atoms with Gasteiger partial charge in [0.15, 0.2) is 0 Å². The molecule has 0 saturated heterocycles. The molecular formula is C10H14N2O5S. The van der Waals surface area contributed by atoms with Crippen LogP contribution in [0.15, 0.2) is 17.0 Å². The maximum Gasteiger partial charge on any atom is 0.310 e. The van der Waals surface area contributed by atoms with Gasteiger partial charge in [-0.1, -0.05) is 11.6 Å². The SMILES string of the molecule is COC(=O)C1CCCC1S(=O)(=O)Nc1cnoc1. The molecule has 1 aliphatic rings. The average Bonchev–Trinajstić information content (AvgIpc) is 2.97. The van der Waals surface area contributed by atoms with Gasteiger partial charge < -0.3 is 9.26 Å². The molecule has 1 heterocycles. The Hall–Kier alpha value is -1.57. The van der Waals surface area contributed by atoms with E-state index < -0.39 is 27.2 Å². The van der Waals surface area contributed by atoms with Gasteiger partial charge >= 0.3 is 5.97 Å². The van der Waals surface area contributed by atoms with E-state index in [1.165, 1.54) is 19.6 Å². The molecule has 0 aromatic carbocycles. The highest BCUT2D eigenvalue weighted by Crippen LogP contribution is 2.32. The van der Waals surface area contributed by atoms with Crippen molar-refractivity contribution in [2.45, 2.75) is 24.5 Å². The maximum atomic E-state index is 12.1. The van der Waals surface area contributed by atoms with Crippen molar-refractivity contribution in [3.05, 3.63) is 12.5 Å². The smallest absolute Gasteiger partial charge is 0.310 e. The predicted octanol–water partition coefficient (Wildman–Crippen LogP) is 0.758. The lowest BCUT2D eigenvalue weighted by molar-refractivity contribution is -0.145. The van der Waals surface area contributed by atoms with Crippen LogP contribution < -0.4 is 4.72 Å². The number of hydrogen-bond acceptors (Lipinski definition) is 6. The maximum absolute atomic E-state index is 12.1. The molecule has 0 spiro atoms. The summed E-state index contributed by atoms with van der Waals surface area (Å²) in [5.41, 5.74) is 0.255. The van der Waals surface area contributed by atoms with Crippen molar-refractivity contribution in [2.24, 2.45) is 5.92 Å². The number of aromatic nitrogens is 1. The Balaban J connectivity index is 2.16. The van der Waals surface area contributed by atoms with Crippen LogP contribution in [0.2, 0.25) is 0 Å². The molecule has 0 bridgehead atoms. The fourth-order valence-electron chi connectivity index (χ4n) is 2.21. The number of methoxy groups -OCH3 is 1. The molecule has 2 rings (SSSR count). The first-order chi connectivity index (χ1) is 8.54. The summed E-state index contributed by atoms with van der Waals surface area (Å²) >= 11 is 0. The molecule has 18 heavy (non-hydrogen) atoms. The van der Waals surface area contributed by atoms with Gasteiger partial charge in [-0.05, 0) is 12.8 Å². The van der Waals surface area contributed by atoms with Gasteiger partial charge in [-0.2, -0.15) is 0 Å². The summed E-state index contributed by atoms with van der Waals surface area (Å²) in [5.74, 6) is -1.08. The van der Waals surface area contributed by atoms with Crippen molar-refractivity contribution in [3.8, 4) is 0 Å². The van der Waals surface area contributed by atoms with Crippen LogP contribution in [0, 0.1) is 5.92 Å². The number of esters is 1. The second kappa shape index (κ2) is 4.97. The fraction of sp³-hybridized carbons (Fsp3) is 0.600. The van der Waals surface area contributed by atoms with Crippen LogP contribution in [0.4, 0.5) is 5.69 Å². The molecule has 0 amide bonds. The van der Waals surface area contributed by atoms with E-state index in [0.29, 0.717) is 19.3 Å². The summed E-state index contributed by atoms with van der Waals surface area (Å²) in [7, 11) is -2.38. The van der Waals surface area contributed by atoms with E-state index in [-0.39, 0.29) is 5.69 Å². The first-order valence-corrected chi connectivity index (χ1v) is 7.08. The van der Waals surface area contributed by atoms with Gasteiger partial charge in [0.1, 0.15) is 12.0 Å². The highest BCUT2D eigenvalue weighted by molar-refractivity contribution is 7.93. The van der Waals surface area contributed by atoms with Crippen molar-refractivity contribution in [1.29, 1.82) is 0 Å². The summed E-state index contributed by atoms with van der Waals surface area (Å²) in [6.45, 7) is 0. The summed E-state index contributed by atoms with van der Waals surface area (Å²) in [5, 5.41) is 2.65. The zero-order valence-corrected chi connectivity index (χ0v) is 10.6. The van der Waals surface area contributed by atoms with E-state index in [0.717, 1.165) is 0 Å². The van der Waals surface area contributed by atoms with Crippen LogP contribution in [-0.2, 0) is 19.6 Å². The van der Waals surface area contributed by atoms with Crippen molar-refractivity contribution in [2.75, 3.05) is 11.8 Å². The minimum absolute atomic E-state index is 0.255. The van der Waals surface area contributed by atoms with Gasteiger partial charge in [0, 0.05) is 0 Å². The van der Waals surface area contributed by atoms with E-state index in [1.807, 2.05) is 0 Å². The number of anilines is 1. The number of carbonyl (C=O) groups is 1. The Morgan fingerprint density at radius 2 is 2.33 bits per heavy atom. The largest absolute Gasteiger partial charge is 0.469 e. The molecule has 0 aliphatic heterocycles. The standard InChI is InChI=1S/C10H14N2O5S/c1-16-10(13)8-3-2-4-9(8)18(14,15)12-7-5-11-17-6-7/h5-6,8-9,12H,2-4H2,1H3. The topological polar surface area (TPSA) is 98.5 Å². The average molecular weight is 274 g/mol. The van der Waals surface area contributed by atoms with Gasteiger partial charge in [0.25, 0.3) is 0 Å². The number of carbonyl (C=O) groups excluding carboxylic acids is 1. The van der Waals surface area contributed by atoms with Crippen molar-refractivity contribution in [1.82, 2.24) is 5.16 Å². The summed E-state index contributed by atoms with van der Waals surface area (Å²) < 4.78 is 35.8. The number of hydrogen-bond donors (Lipinski definition) is 1. The van der Waals surface area contributed by atoms with Crippen LogP contribution in [0.25, 0.3) is 0 Å². The zero-order valence-electron chi connectivity index (χ0n) is 9.83. The van der Waals surface area contributed by atoms with Gasteiger partial charge in [-0.25, -0.2) is 8.42 Å². The Labute approximate surface area is 105 Å². The number of nitrogens with one attached hydrogen (secondary N) is 1. The highest BCUT2D eigenvalue weighted by Gasteiger charge is 2.42. The van der Waals surface area contributed by atoms with Crippen molar-refractivity contribution >= 4 is 21.7 Å². The second-order valence-corrected chi connectivity index (χ2v) is 6.06. The van der Waals surface area contributed by atoms with Gasteiger partial charge in [-0.15, -0.1) is 0 Å². The van der Waals surface area contributed by atoms with E-state index in [4.69, 9.17) is 0 Å². The van der Waals surface area contributed by atoms with Gasteiger partial charge in [-0.3, -0.25) is 9.52 Å². The zero-order chi connectivity index (χ0) is 13.2. The third-order valence-electron chi connectivity index (χ3n) is 3.05. The first kappa shape index (κ1) is 12.9. The van der Waals surface area contributed by atoms with E-state index in [9.17, 15) is 13.2 Å². The molecule has 1 N–H and O–H groups in total. The number of sulfonamides is 1. The van der Waals surface area contributed by atoms with E-state index in [1.54, 1.807) is 0 Å². The molecular weight excluding hydrogens is 260 g/mol. The molecule has 2 unspecified atom stereocenters. The monoisotopic (exact) mass is 274 g/mol. The van der Waals surface area contributed by atoms with Gasteiger partial charge in [0.2, 0.25) is 10.0 Å². The molecule has 0 radical (unpaired) electrons. The summed E-state index contributed by atoms with van der Waals surface area (Å²) in [6, 6.07) is 0. The number of ether oxygens (including phenoxy) is 1. The highest BCUT2D eigenvalue weighted by atomic mass is 32.2. The predicted molar refractivity (Wildman–Crippen MR) is 62.2 cm³/mol. The first-order valence-electron chi connectivity index (χ1n) is 5.53. The molecule has 7 nitrogen and oxygen atoms in total. The van der Waals surface area contributed by atoms with E-state index >= 15 is 0 Å². The molecule has 1 saturated carbocycles. The molecule has 2 atom stereocenters. The van der Waals surface area contributed by atoms with Crippen LogP contribution in [-0.4, -0.2) is 31.9 Å². The third-order valence-corrected chi connectivity index (χ3v) is 4.93. The lowest BCUT2D eigenvalue weighted by atomic mass is 10.1. The lowest BCUT2D eigenvalue weighted by Crippen LogP contribution is -2.35. The Bertz CT molecular complexity index is 510. The van der Waals surface area contributed by atoms with Crippen LogP contribution in [0.3, 0.4) is 0 Å². The molecule has 1 aliphatic carbocycles. The summed E-state index contributed by atoms with van der Waals surface area (Å²) in [6.07, 6.45) is 4.12. The van der Waals surface area contributed by atoms with Crippen molar-refractivity contribution in [3.63, 3.8) is 0 Å². The summed E-state index contributed by atoms with van der Waals surface area (Å²) in [4.78, 5) is 11.5. The Kier molecular flexibility index (Phi) is 3.55. The minimum atomic E-state index is -3.64. The third kappa shape index (κ3) is 2.47. The lowest BCUT2D eigenvalue weighted by Gasteiger charge is -2.18. The minimum Gasteiger partial charge on any atom is -0.469 e. The fourth-order valence-corrected chi connectivity index (χ4v) is 3.95. The molecule has 1 aromatic heterocycles. The van der Waals surface area contributed by atoms with Gasteiger partial charge in [0.05, 0.1) is 24.5 Å². The molecule has 1 fully saturated rings. The van der Waals surface area contributed by atoms with Crippen LogP contribution in [0.1, 0.15) is 19.3 Å². The number of nitrogens with zero attached hydrogens (tertiary/aromatic N) is 1. The second-order valence-electron chi connectivity index (χ2n) is 4.16. The normalized spacial score (nSPS) is 23.8.